The Morgan fingerprint density at radius 3 is 2.71 bits per heavy atom. The minimum absolute atomic E-state index is 0.0935. The van der Waals surface area contributed by atoms with Crippen LogP contribution in [0.3, 0.4) is 0 Å². The lowest BCUT2D eigenvalue weighted by Crippen LogP contribution is -2.45. The van der Waals surface area contributed by atoms with Crippen molar-refractivity contribution in [1.82, 2.24) is 15.5 Å². The van der Waals surface area contributed by atoms with Crippen LogP contribution in [-0.4, -0.2) is 52.6 Å². The van der Waals surface area contributed by atoms with Gasteiger partial charge in [-0.2, -0.15) is 0 Å². The molecule has 114 valence electrons. The fourth-order valence-corrected chi connectivity index (χ4v) is 4.46. The Hall–Kier alpha value is -1.08. The number of nitrogens with one attached hydrogen (secondary N) is 2. The Morgan fingerprint density at radius 2 is 1.95 bits per heavy atom. The molecular weight excluding hydrogens is 310 g/mol. The van der Waals surface area contributed by atoms with Crippen molar-refractivity contribution in [2.45, 2.75) is 4.90 Å². The molecule has 2 heterocycles. The summed E-state index contributed by atoms with van der Waals surface area (Å²) in [5.41, 5.74) is 1.20. The fourth-order valence-electron chi connectivity index (χ4n) is 2.68. The van der Waals surface area contributed by atoms with E-state index in [2.05, 4.69) is 15.5 Å². The summed E-state index contributed by atoms with van der Waals surface area (Å²) in [5.74, 6) is 0. The maximum Gasteiger partial charge on any atom is 0.220 e. The van der Waals surface area contributed by atoms with Crippen molar-refractivity contribution in [2.24, 2.45) is 0 Å². The summed E-state index contributed by atoms with van der Waals surface area (Å²) >= 11 is 6.06. The van der Waals surface area contributed by atoms with Crippen molar-refractivity contribution in [3.8, 4) is 0 Å². The zero-order chi connectivity index (χ0) is 14.9. The Kier molecular flexibility index (Phi) is 4.21. The molecule has 0 amide bonds. The van der Waals surface area contributed by atoms with Crippen molar-refractivity contribution < 1.29 is 8.42 Å². The Morgan fingerprint density at radius 1 is 1.24 bits per heavy atom. The summed E-state index contributed by atoms with van der Waals surface area (Å²) < 4.78 is 24.3. The maximum atomic E-state index is 12.2. The van der Waals surface area contributed by atoms with Gasteiger partial charge in [0.15, 0.2) is 4.36 Å². The zero-order valence-corrected chi connectivity index (χ0v) is 13.2. The summed E-state index contributed by atoms with van der Waals surface area (Å²) in [4.78, 5) is 2.63. The molecule has 1 fully saturated rings. The number of benzene rings is 1. The van der Waals surface area contributed by atoms with Gasteiger partial charge in [0, 0.05) is 44.8 Å². The van der Waals surface area contributed by atoms with Crippen molar-refractivity contribution in [3.63, 3.8) is 0 Å². The summed E-state index contributed by atoms with van der Waals surface area (Å²) in [7, 11) is -3.53. The summed E-state index contributed by atoms with van der Waals surface area (Å²) in [6.07, 6.45) is 0. The highest BCUT2D eigenvalue weighted by molar-refractivity contribution is 7.97. The first-order chi connectivity index (χ1) is 10.1. The molecule has 0 unspecified atom stereocenters. The van der Waals surface area contributed by atoms with E-state index in [0.717, 1.165) is 32.7 Å². The number of rotatable bonds is 4. The smallest absolute Gasteiger partial charge is 0.220 e. The van der Waals surface area contributed by atoms with Crippen molar-refractivity contribution in [1.29, 1.82) is 0 Å². The van der Waals surface area contributed by atoms with Crippen molar-refractivity contribution in [3.05, 3.63) is 34.2 Å². The number of piperazine rings is 1. The van der Waals surface area contributed by atoms with Crippen molar-refractivity contribution in [2.75, 3.05) is 39.3 Å². The molecule has 0 spiro atoms. The van der Waals surface area contributed by atoms with E-state index in [0.29, 0.717) is 22.7 Å². The van der Waals surface area contributed by atoms with Gasteiger partial charge in [0.2, 0.25) is 9.84 Å². The standard InChI is InChI=1S/C14H18ClN3O2S/c15-14-13(17-7-10-18-8-5-16-6-9-18)11-3-1-2-4-12(11)21(14,19)20/h1-4,16-17H,5-10H2. The van der Waals surface area contributed by atoms with Gasteiger partial charge in [-0.15, -0.1) is 0 Å². The first-order valence-corrected chi connectivity index (χ1v) is 8.88. The molecule has 0 bridgehead atoms. The molecule has 0 saturated carbocycles. The minimum atomic E-state index is -3.53. The second-order valence-corrected chi connectivity index (χ2v) is 7.62. The van der Waals surface area contributed by atoms with Crippen LogP contribution in [0.2, 0.25) is 0 Å². The summed E-state index contributed by atoms with van der Waals surface area (Å²) in [6, 6.07) is 6.92. The van der Waals surface area contributed by atoms with Crippen LogP contribution >= 0.6 is 11.6 Å². The lowest BCUT2D eigenvalue weighted by molar-refractivity contribution is 0.244. The number of hydrogen-bond acceptors (Lipinski definition) is 5. The second kappa shape index (κ2) is 5.96. The molecule has 1 saturated heterocycles. The number of nitrogens with zero attached hydrogens (tertiary/aromatic N) is 1. The number of sulfone groups is 1. The zero-order valence-electron chi connectivity index (χ0n) is 11.6. The number of fused-ring (bicyclic) bond motifs is 1. The predicted molar refractivity (Wildman–Crippen MR) is 83.7 cm³/mol. The topological polar surface area (TPSA) is 61.4 Å². The van der Waals surface area contributed by atoms with Crippen LogP contribution in [0.4, 0.5) is 0 Å². The normalized spacial score (nSPS) is 21.4. The molecule has 2 aliphatic rings. The van der Waals surface area contributed by atoms with Gasteiger partial charge in [0.1, 0.15) is 0 Å². The van der Waals surface area contributed by atoms with E-state index >= 15 is 0 Å². The molecule has 1 aromatic rings. The van der Waals surface area contributed by atoms with Gasteiger partial charge in [0.25, 0.3) is 0 Å². The number of halogens is 1. The first-order valence-electron chi connectivity index (χ1n) is 7.02. The average molecular weight is 328 g/mol. The van der Waals surface area contributed by atoms with Crippen LogP contribution in [0.1, 0.15) is 5.56 Å². The highest BCUT2D eigenvalue weighted by Crippen LogP contribution is 2.39. The molecule has 0 aromatic heterocycles. The molecule has 2 aliphatic heterocycles. The van der Waals surface area contributed by atoms with Gasteiger partial charge < -0.3 is 10.6 Å². The SMILES string of the molecule is O=S1(=O)C(Cl)=C(NCCN2CCNCC2)c2ccccc21. The van der Waals surface area contributed by atoms with E-state index in [1.54, 1.807) is 18.2 Å². The van der Waals surface area contributed by atoms with Crippen LogP contribution in [-0.2, 0) is 9.84 Å². The molecule has 0 atom stereocenters. The Labute approximate surface area is 129 Å². The van der Waals surface area contributed by atoms with Crippen LogP contribution in [0.15, 0.2) is 33.5 Å². The highest BCUT2D eigenvalue weighted by Gasteiger charge is 2.34. The van der Waals surface area contributed by atoms with Crippen LogP contribution in [0.5, 0.6) is 0 Å². The minimum Gasteiger partial charge on any atom is -0.381 e. The van der Waals surface area contributed by atoms with E-state index in [-0.39, 0.29) is 4.36 Å². The highest BCUT2D eigenvalue weighted by atomic mass is 35.5. The summed E-state index contributed by atoms with van der Waals surface area (Å²) in [6.45, 7) is 5.58. The second-order valence-electron chi connectivity index (χ2n) is 5.17. The van der Waals surface area contributed by atoms with Gasteiger partial charge in [-0.25, -0.2) is 8.42 Å². The quantitative estimate of drug-likeness (QED) is 0.858. The van der Waals surface area contributed by atoms with Gasteiger partial charge in [-0.3, -0.25) is 4.90 Å². The van der Waals surface area contributed by atoms with Gasteiger partial charge >= 0.3 is 0 Å². The monoisotopic (exact) mass is 327 g/mol. The van der Waals surface area contributed by atoms with E-state index in [9.17, 15) is 8.42 Å². The van der Waals surface area contributed by atoms with E-state index in [1.807, 2.05) is 6.07 Å². The molecule has 1 aromatic carbocycles. The van der Waals surface area contributed by atoms with Crippen LogP contribution < -0.4 is 10.6 Å². The van der Waals surface area contributed by atoms with Gasteiger partial charge in [-0.1, -0.05) is 29.8 Å². The maximum absolute atomic E-state index is 12.2. The van der Waals surface area contributed by atoms with Crippen LogP contribution in [0, 0.1) is 0 Å². The van der Waals surface area contributed by atoms with E-state index in [1.165, 1.54) is 0 Å². The first kappa shape index (κ1) is 14.8. The third-order valence-corrected chi connectivity index (χ3v) is 6.23. The predicted octanol–water partition coefficient (Wildman–Crippen LogP) is 0.834. The van der Waals surface area contributed by atoms with Crippen molar-refractivity contribution >= 4 is 27.1 Å². The molecule has 5 nitrogen and oxygen atoms in total. The largest absolute Gasteiger partial charge is 0.381 e. The lowest BCUT2D eigenvalue weighted by atomic mass is 10.2. The molecular formula is C14H18ClN3O2S. The Balaban J connectivity index is 1.71. The average Bonchev–Trinajstić information content (AvgIpc) is 2.70. The third-order valence-electron chi connectivity index (χ3n) is 3.82. The van der Waals surface area contributed by atoms with Gasteiger partial charge in [0.05, 0.1) is 10.6 Å². The Bertz CT molecular complexity index is 667. The van der Waals surface area contributed by atoms with Crippen LogP contribution in [0.25, 0.3) is 5.70 Å². The third kappa shape index (κ3) is 2.81. The van der Waals surface area contributed by atoms with E-state index < -0.39 is 9.84 Å². The molecule has 0 aliphatic carbocycles. The van der Waals surface area contributed by atoms with E-state index in [4.69, 9.17) is 11.6 Å². The molecule has 21 heavy (non-hydrogen) atoms. The summed E-state index contributed by atoms with van der Waals surface area (Å²) in [5, 5.41) is 6.50. The fraction of sp³-hybridized carbons (Fsp3) is 0.429. The molecule has 3 rings (SSSR count). The molecule has 2 N–H and O–H groups in total. The lowest BCUT2D eigenvalue weighted by Gasteiger charge is -2.27. The van der Waals surface area contributed by atoms with Gasteiger partial charge in [-0.05, 0) is 6.07 Å². The number of hydrogen-bond donors (Lipinski definition) is 2. The molecule has 0 radical (unpaired) electrons. The molecule has 7 heteroatoms.